The molecule has 0 aliphatic carbocycles. The van der Waals surface area contributed by atoms with E-state index in [2.05, 4.69) is 13.8 Å². The fourth-order valence-electron chi connectivity index (χ4n) is 1.91. The Kier molecular flexibility index (Phi) is 7.71. The van der Waals surface area contributed by atoms with Gasteiger partial charge in [0.1, 0.15) is 18.6 Å². The molecule has 0 radical (unpaired) electrons. The molecule has 0 bridgehead atoms. The Morgan fingerprint density at radius 3 is 2.50 bits per heavy atom. The average Bonchev–Trinajstić information content (AvgIpc) is 2.48. The van der Waals surface area contributed by atoms with Gasteiger partial charge in [-0.25, -0.2) is 0 Å². The molecule has 124 valence electrons. The first-order valence-electron chi connectivity index (χ1n) is 7.89. The zero-order valence-electron chi connectivity index (χ0n) is 13.9. The molecule has 1 aromatic rings. The first-order chi connectivity index (χ1) is 10.5. The van der Waals surface area contributed by atoms with E-state index in [1.54, 1.807) is 0 Å². The lowest BCUT2D eigenvalue weighted by molar-refractivity contribution is -0.150. The molecule has 22 heavy (non-hydrogen) atoms. The van der Waals surface area contributed by atoms with E-state index in [1.807, 2.05) is 13.8 Å². The normalized spacial score (nSPS) is 11.0. The molecule has 0 atom stereocenters. The third-order valence-corrected chi connectivity index (χ3v) is 3.48. The van der Waals surface area contributed by atoms with Gasteiger partial charge in [0.05, 0.1) is 12.5 Å². The minimum Gasteiger partial charge on any atom is -0.487 e. The minimum absolute atomic E-state index is 0.0309. The van der Waals surface area contributed by atoms with E-state index >= 15 is 0 Å². The summed E-state index contributed by atoms with van der Waals surface area (Å²) in [6, 6.07) is 1.31. The highest BCUT2D eigenvalue weighted by Crippen LogP contribution is 2.13. The fourth-order valence-corrected chi connectivity index (χ4v) is 1.91. The summed E-state index contributed by atoms with van der Waals surface area (Å²) in [6.45, 7) is 8.51. The van der Waals surface area contributed by atoms with E-state index in [-0.39, 0.29) is 29.7 Å². The van der Waals surface area contributed by atoms with Crippen molar-refractivity contribution in [2.45, 2.75) is 53.6 Å². The predicted molar refractivity (Wildman–Crippen MR) is 83.8 cm³/mol. The Labute approximate surface area is 131 Å². The monoisotopic (exact) mass is 310 g/mol. The summed E-state index contributed by atoms with van der Waals surface area (Å²) in [5.41, 5.74) is -0.261. The van der Waals surface area contributed by atoms with E-state index in [9.17, 15) is 9.59 Å². The van der Waals surface area contributed by atoms with Gasteiger partial charge in [0.2, 0.25) is 11.2 Å². The molecule has 0 aromatic carbocycles. The van der Waals surface area contributed by atoms with E-state index in [1.165, 1.54) is 12.3 Å². The largest absolute Gasteiger partial charge is 0.487 e. The number of carbonyl (C=O) groups is 1. The zero-order valence-corrected chi connectivity index (χ0v) is 13.9. The molecule has 0 aliphatic rings. The van der Waals surface area contributed by atoms with Crippen molar-refractivity contribution in [1.29, 1.82) is 0 Å². The van der Waals surface area contributed by atoms with Crippen LogP contribution in [0.4, 0.5) is 0 Å². The van der Waals surface area contributed by atoms with E-state index < -0.39 is 0 Å². The molecule has 0 amide bonds. The van der Waals surface area contributed by atoms with Crippen LogP contribution in [0.25, 0.3) is 0 Å². The quantitative estimate of drug-likeness (QED) is 0.653. The van der Waals surface area contributed by atoms with Gasteiger partial charge < -0.3 is 13.9 Å². The third kappa shape index (κ3) is 5.92. The van der Waals surface area contributed by atoms with Gasteiger partial charge >= 0.3 is 5.97 Å². The zero-order chi connectivity index (χ0) is 16.5. The van der Waals surface area contributed by atoms with Gasteiger partial charge in [-0.3, -0.25) is 9.59 Å². The molecule has 1 heterocycles. The van der Waals surface area contributed by atoms with Crippen LogP contribution in [0.1, 0.15) is 52.7 Å². The molecule has 0 saturated carbocycles. The minimum atomic E-state index is -0.261. The van der Waals surface area contributed by atoms with Gasteiger partial charge in [-0.15, -0.1) is 0 Å². The van der Waals surface area contributed by atoms with Gasteiger partial charge in [0.25, 0.3) is 0 Å². The summed E-state index contributed by atoms with van der Waals surface area (Å²) in [6.07, 6.45) is 3.63. The molecular weight excluding hydrogens is 284 g/mol. The summed E-state index contributed by atoms with van der Waals surface area (Å²) in [4.78, 5) is 23.7. The molecule has 0 aliphatic heterocycles. The second-order valence-electron chi connectivity index (χ2n) is 5.73. The van der Waals surface area contributed by atoms with Crippen molar-refractivity contribution in [3.8, 4) is 5.75 Å². The Hall–Kier alpha value is -1.78. The Morgan fingerprint density at radius 1 is 1.27 bits per heavy atom. The summed E-state index contributed by atoms with van der Waals surface area (Å²) < 4.78 is 15.8. The standard InChI is InChI=1S/C17H26O5/c1-5-13(6-2)17(19)22-10-14-9-15(18)16(11-21-14)20-8-7-12(3)4/h9,11-13H,5-8,10H2,1-4H3. The van der Waals surface area contributed by atoms with Crippen molar-refractivity contribution in [2.75, 3.05) is 6.61 Å². The molecule has 0 unspecified atom stereocenters. The molecular formula is C17H26O5. The molecule has 5 nitrogen and oxygen atoms in total. The van der Waals surface area contributed by atoms with Crippen molar-refractivity contribution in [3.05, 3.63) is 28.3 Å². The number of hydrogen-bond donors (Lipinski definition) is 0. The second kappa shape index (κ2) is 9.28. The Morgan fingerprint density at radius 2 is 1.95 bits per heavy atom. The lowest BCUT2D eigenvalue weighted by Gasteiger charge is -2.11. The lowest BCUT2D eigenvalue weighted by atomic mass is 10.0. The molecule has 0 N–H and O–H groups in total. The Bertz CT molecular complexity index is 514. The number of esters is 1. The van der Waals surface area contributed by atoms with Gasteiger partial charge in [-0.2, -0.15) is 0 Å². The third-order valence-electron chi connectivity index (χ3n) is 3.48. The summed E-state index contributed by atoms with van der Waals surface area (Å²) >= 11 is 0. The first-order valence-corrected chi connectivity index (χ1v) is 7.89. The molecule has 0 spiro atoms. The van der Waals surface area contributed by atoms with Crippen LogP contribution in [-0.4, -0.2) is 12.6 Å². The van der Waals surface area contributed by atoms with Crippen molar-refractivity contribution >= 4 is 5.97 Å². The smallest absolute Gasteiger partial charge is 0.309 e. The van der Waals surface area contributed by atoms with Crippen LogP contribution in [0, 0.1) is 11.8 Å². The van der Waals surface area contributed by atoms with Crippen LogP contribution in [0.3, 0.4) is 0 Å². The molecule has 5 heteroatoms. The number of ether oxygens (including phenoxy) is 2. The maximum Gasteiger partial charge on any atom is 0.309 e. The van der Waals surface area contributed by atoms with Crippen LogP contribution < -0.4 is 10.2 Å². The molecule has 0 saturated heterocycles. The lowest BCUT2D eigenvalue weighted by Crippen LogP contribution is -2.17. The van der Waals surface area contributed by atoms with E-state index in [4.69, 9.17) is 13.9 Å². The number of hydrogen-bond acceptors (Lipinski definition) is 5. The topological polar surface area (TPSA) is 65.7 Å². The molecule has 1 rings (SSSR count). The van der Waals surface area contributed by atoms with Crippen LogP contribution >= 0.6 is 0 Å². The summed E-state index contributed by atoms with van der Waals surface area (Å²) in [7, 11) is 0. The van der Waals surface area contributed by atoms with Crippen LogP contribution in [-0.2, 0) is 16.1 Å². The summed E-state index contributed by atoms with van der Waals surface area (Å²) in [5, 5.41) is 0. The Balaban J connectivity index is 2.55. The highest BCUT2D eigenvalue weighted by molar-refractivity contribution is 5.72. The molecule has 0 fully saturated rings. The van der Waals surface area contributed by atoms with Crippen molar-refractivity contribution in [3.63, 3.8) is 0 Å². The van der Waals surface area contributed by atoms with Gasteiger partial charge in [-0.05, 0) is 25.2 Å². The van der Waals surface area contributed by atoms with Gasteiger partial charge in [-0.1, -0.05) is 27.7 Å². The van der Waals surface area contributed by atoms with E-state index in [0.29, 0.717) is 18.3 Å². The maximum atomic E-state index is 11.9. The highest BCUT2D eigenvalue weighted by Gasteiger charge is 2.16. The highest BCUT2D eigenvalue weighted by atomic mass is 16.5. The SMILES string of the molecule is CCC(CC)C(=O)OCc1cc(=O)c(OCCC(C)C)co1. The first kappa shape index (κ1) is 18.3. The van der Waals surface area contributed by atoms with Gasteiger partial charge in [0.15, 0.2) is 0 Å². The van der Waals surface area contributed by atoms with Crippen molar-refractivity contribution in [1.82, 2.24) is 0 Å². The van der Waals surface area contributed by atoms with Crippen molar-refractivity contribution < 1.29 is 18.7 Å². The summed E-state index contributed by atoms with van der Waals surface area (Å²) in [5.74, 6) is 0.655. The number of rotatable bonds is 9. The second-order valence-corrected chi connectivity index (χ2v) is 5.73. The van der Waals surface area contributed by atoms with Crippen molar-refractivity contribution in [2.24, 2.45) is 11.8 Å². The van der Waals surface area contributed by atoms with E-state index in [0.717, 1.165) is 19.3 Å². The average molecular weight is 310 g/mol. The van der Waals surface area contributed by atoms with Crippen LogP contribution in [0.2, 0.25) is 0 Å². The number of carbonyl (C=O) groups excluding carboxylic acids is 1. The maximum absolute atomic E-state index is 11.9. The predicted octanol–water partition coefficient (Wildman–Crippen LogP) is 3.54. The van der Waals surface area contributed by atoms with Crippen LogP contribution in [0.5, 0.6) is 5.75 Å². The van der Waals surface area contributed by atoms with Gasteiger partial charge in [0, 0.05) is 6.07 Å². The van der Waals surface area contributed by atoms with Crippen LogP contribution in [0.15, 0.2) is 21.5 Å². The fraction of sp³-hybridized carbons (Fsp3) is 0.647. The molecule has 1 aromatic heterocycles.